The summed E-state index contributed by atoms with van der Waals surface area (Å²) in [6, 6.07) is 10.6. The fourth-order valence-corrected chi connectivity index (χ4v) is 1.64. The molecule has 0 bridgehead atoms. The van der Waals surface area contributed by atoms with Crippen molar-refractivity contribution in [3.05, 3.63) is 35.9 Å². The van der Waals surface area contributed by atoms with Crippen LogP contribution in [-0.2, 0) is 4.74 Å². The third kappa shape index (κ3) is 2.29. The Morgan fingerprint density at radius 1 is 1.23 bits per heavy atom. The highest BCUT2D eigenvalue weighted by molar-refractivity contribution is 5.20. The molecule has 1 aromatic rings. The van der Waals surface area contributed by atoms with Gasteiger partial charge >= 0.3 is 0 Å². The fraction of sp³-hybridized carbons (Fsp3) is 0.455. The number of hydrogen-bond acceptors (Lipinski definition) is 2. The van der Waals surface area contributed by atoms with Crippen LogP contribution in [0.1, 0.15) is 11.5 Å². The molecule has 1 fully saturated rings. The minimum Gasteiger partial charge on any atom is -0.379 e. The second-order valence-electron chi connectivity index (χ2n) is 3.39. The lowest BCUT2D eigenvalue weighted by Gasteiger charge is -2.13. The van der Waals surface area contributed by atoms with E-state index in [0.29, 0.717) is 5.92 Å². The van der Waals surface area contributed by atoms with Crippen molar-refractivity contribution in [2.45, 2.75) is 5.92 Å². The summed E-state index contributed by atoms with van der Waals surface area (Å²) >= 11 is 0. The van der Waals surface area contributed by atoms with Gasteiger partial charge in [0, 0.05) is 19.0 Å². The molecule has 0 radical (unpaired) electrons. The second-order valence-corrected chi connectivity index (χ2v) is 3.39. The maximum Gasteiger partial charge on any atom is 0.0591 e. The normalized spacial score (nSPS) is 23.8. The Morgan fingerprint density at radius 2 is 2.08 bits per heavy atom. The van der Waals surface area contributed by atoms with Gasteiger partial charge in [-0.1, -0.05) is 30.3 Å². The molecule has 2 nitrogen and oxygen atoms in total. The van der Waals surface area contributed by atoms with Gasteiger partial charge in [-0.25, -0.2) is 0 Å². The molecular formula is C11H15NO. The van der Waals surface area contributed by atoms with E-state index in [1.54, 1.807) is 0 Å². The van der Waals surface area contributed by atoms with Gasteiger partial charge in [0.25, 0.3) is 0 Å². The van der Waals surface area contributed by atoms with Gasteiger partial charge in [0.2, 0.25) is 0 Å². The molecule has 1 atom stereocenters. The molecule has 1 aliphatic rings. The van der Waals surface area contributed by atoms with E-state index in [1.807, 2.05) is 0 Å². The van der Waals surface area contributed by atoms with E-state index in [-0.39, 0.29) is 0 Å². The zero-order valence-electron chi connectivity index (χ0n) is 7.70. The summed E-state index contributed by atoms with van der Waals surface area (Å²) in [5.74, 6) is 0.517. The summed E-state index contributed by atoms with van der Waals surface area (Å²) in [6.07, 6.45) is 0. The lowest BCUT2D eigenvalue weighted by Crippen LogP contribution is -2.21. The van der Waals surface area contributed by atoms with Gasteiger partial charge in [-0.3, -0.25) is 0 Å². The molecule has 1 saturated heterocycles. The molecule has 70 valence electrons. The highest BCUT2D eigenvalue weighted by Gasteiger charge is 2.13. The smallest absolute Gasteiger partial charge is 0.0591 e. The van der Waals surface area contributed by atoms with Gasteiger partial charge in [-0.15, -0.1) is 0 Å². The highest BCUT2D eigenvalue weighted by Crippen LogP contribution is 2.15. The topological polar surface area (TPSA) is 21.3 Å². The number of ether oxygens (including phenoxy) is 1. The van der Waals surface area contributed by atoms with Gasteiger partial charge < -0.3 is 10.1 Å². The first-order chi connectivity index (χ1) is 6.47. The Balaban J connectivity index is 2.06. The van der Waals surface area contributed by atoms with Crippen LogP contribution < -0.4 is 5.32 Å². The van der Waals surface area contributed by atoms with Gasteiger partial charge in [0.15, 0.2) is 0 Å². The lowest BCUT2D eigenvalue weighted by molar-refractivity contribution is 0.141. The van der Waals surface area contributed by atoms with Crippen molar-refractivity contribution < 1.29 is 4.74 Å². The van der Waals surface area contributed by atoms with Crippen LogP contribution in [0.3, 0.4) is 0 Å². The predicted octanol–water partition coefficient (Wildman–Crippen LogP) is 1.39. The average molecular weight is 177 g/mol. The summed E-state index contributed by atoms with van der Waals surface area (Å²) in [4.78, 5) is 0. The highest BCUT2D eigenvalue weighted by atomic mass is 16.5. The number of nitrogens with one attached hydrogen (secondary N) is 1. The van der Waals surface area contributed by atoms with E-state index in [9.17, 15) is 0 Å². The maximum absolute atomic E-state index is 5.50. The minimum absolute atomic E-state index is 0.517. The molecule has 1 aliphatic heterocycles. The molecule has 0 aromatic heterocycles. The lowest BCUT2D eigenvalue weighted by atomic mass is 10.0. The van der Waals surface area contributed by atoms with Crippen molar-refractivity contribution in [3.8, 4) is 0 Å². The summed E-state index contributed by atoms with van der Waals surface area (Å²) < 4.78 is 5.50. The van der Waals surface area contributed by atoms with E-state index in [0.717, 1.165) is 26.3 Å². The van der Waals surface area contributed by atoms with Crippen LogP contribution in [0.2, 0.25) is 0 Å². The Hall–Kier alpha value is -0.860. The quantitative estimate of drug-likeness (QED) is 0.700. The molecule has 0 saturated carbocycles. The molecule has 0 spiro atoms. The van der Waals surface area contributed by atoms with E-state index < -0.39 is 0 Å². The summed E-state index contributed by atoms with van der Waals surface area (Å²) in [5, 5.41) is 3.37. The molecule has 1 unspecified atom stereocenters. The molecule has 2 rings (SSSR count). The van der Waals surface area contributed by atoms with Gasteiger partial charge in [-0.2, -0.15) is 0 Å². The minimum atomic E-state index is 0.517. The Bertz CT molecular complexity index is 240. The van der Waals surface area contributed by atoms with Crippen molar-refractivity contribution in [1.29, 1.82) is 0 Å². The van der Waals surface area contributed by atoms with Crippen LogP contribution in [-0.4, -0.2) is 26.3 Å². The van der Waals surface area contributed by atoms with Crippen molar-refractivity contribution in [1.82, 2.24) is 5.32 Å². The van der Waals surface area contributed by atoms with E-state index >= 15 is 0 Å². The van der Waals surface area contributed by atoms with Crippen LogP contribution in [0.25, 0.3) is 0 Å². The fourth-order valence-electron chi connectivity index (χ4n) is 1.64. The summed E-state index contributed by atoms with van der Waals surface area (Å²) in [6.45, 7) is 3.69. The first kappa shape index (κ1) is 8.73. The van der Waals surface area contributed by atoms with Crippen LogP contribution >= 0.6 is 0 Å². The maximum atomic E-state index is 5.50. The first-order valence-electron chi connectivity index (χ1n) is 4.80. The Labute approximate surface area is 78.9 Å². The largest absolute Gasteiger partial charge is 0.379 e. The second kappa shape index (κ2) is 4.40. The van der Waals surface area contributed by atoms with Crippen molar-refractivity contribution in [3.63, 3.8) is 0 Å². The van der Waals surface area contributed by atoms with E-state index in [1.165, 1.54) is 5.56 Å². The van der Waals surface area contributed by atoms with Gasteiger partial charge in [0.1, 0.15) is 0 Å². The molecule has 13 heavy (non-hydrogen) atoms. The monoisotopic (exact) mass is 177 g/mol. The zero-order valence-corrected chi connectivity index (χ0v) is 7.70. The van der Waals surface area contributed by atoms with Crippen LogP contribution in [0.4, 0.5) is 0 Å². The van der Waals surface area contributed by atoms with Crippen molar-refractivity contribution in [2.24, 2.45) is 0 Å². The first-order valence-corrected chi connectivity index (χ1v) is 4.80. The SMILES string of the molecule is c1ccc(C2CNCCOC2)cc1. The van der Waals surface area contributed by atoms with Crippen molar-refractivity contribution in [2.75, 3.05) is 26.3 Å². The Kier molecular flexibility index (Phi) is 2.95. The van der Waals surface area contributed by atoms with Gasteiger partial charge in [-0.05, 0) is 5.56 Å². The average Bonchev–Trinajstić information content (AvgIpc) is 2.47. The predicted molar refractivity (Wildman–Crippen MR) is 52.9 cm³/mol. The molecule has 1 heterocycles. The molecular weight excluding hydrogens is 162 g/mol. The number of hydrogen-bond donors (Lipinski definition) is 1. The molecule has 1 aromatic carbocycles. The standard InChI is InChI=1S/C11H15NO/c1-2-4-10(5-3-1)11-8-12-6-7-13-9-11/h1-5,11-12H,6-9H2. The van der Waals surface area contributed by atoms with Crippen molar-refractivity contribution >= 4 is 0 Å². The zero-order chi connectivity index (χ0) is 8.93. The third-order valence-corrected chi connectivity index (χ3v) is 2.40. The van der Waals surface area contributed by atoms with Crippen LogP contribution in [0.5, 0.6) is 0 Å². The Morgan fingerprint density at radius 3 is 2.92 bits per heavy atom. The summed E-state index contributed by atoms with van der Waals surface area (Å²) in [5.41, 5.74) is 1.37. The van der Waals surface area contributed by atoms with Gasteiger partial charge in [0.05, 0.1) is 13.2 Å². The van der Waals surface area contributed by atoms with E-state index in [4.69, 9.17) is 4.74 Å². The number of rotatable bonds is 1. The molecule has 2 heteroatoms. The van der Waals surface area contributed by atoms with Crippen LogP contribution in [0, 0.1) is 0 Å². The number of benzene rings is 1. The molecule has 0 amide bonds. The van der Waals surface area contributed by atoms with E-state index in [2.05, 4.69) is 35.6 Å². The van der Waals surface area contributed by atoms with Crippen LogP contribution in [0.15, 0.2) is 30.3 Å². The molecule has 0 aliphatic carbocycles. The molecule has 1 N–H and O–H groups in total. The summed E-state index contributed by atoms with van der Waals surface area (Å²) in [7, 11) is 0. The third-order valence-electron chi connectivity index (χ3n) is 2.40.